The lowest BCUT2D eigenvalue weighted by atomic mass is 10.0. The molecule has 0 aromatic heterocycles. The van der Waals surface area contributed by atoms with E-state index < -0.39 is 10.8 Å². The van der Waals surface area contributed by atoms with Crippen LogP contribution in [-0.4, -0.2) is 28.2 Å². The van der Waals surface area contributed by atoms with Crippen molar-refractivity contribution in [2.24, 2.45) is 0 Å². The van der Waals surface area contributed by atoms with E-state index in [1.165, 1.54) is 6.42 Å². The monoisotopic (exact) mass is 323 g/mol. The maximum absolute atomic E-state index is 12.2. The number of hydrogen-bond acceptors (Lipinski definition) is 3. The van der Waals surface area contributed by atoms with Crippen molar-refractivity contribution in [3.8, 4) is 0 Å². The predicted octanol–water partition coefficient (Wildman–Crippen LogP) is 2.53. The van der Waals surface area contributed by atoms with E-state index in [9.17, 15) is 9.00 Å². The molecular weight excluding hydrogens is 298 g/mol. The zero-order chi connectivity index (χ0) is 15.8. The highest BCUT2D eigenvalue weighted by molar-refractivity contribution is 7.86. The lowest BCUT2D eigenvalue weighted by Crippen LogP contribution is -2.32. The van der Waals surface area contributed by atoms with Gasteiger partial charge in [0.2, 0.25) is 5.91 Å². The molecule has 0 heterocycles. The Morgan fingerprint density at radius 1 is 1.18 bits per heavy atom. The van der Waals surface area contributed by atoms with Crippen LogP contribution in [0.5, 0.6) is 0 Å². The number of methoxy groups -OCH3 is 1. The van der Waals surface area contributed by atoms with Crippen LogP contribution in [0, 0.1) is 0 Å². The first-order valence-corrected chi connectivity index (χ1v) is 9.28. The fraction of sp³-hybridized carbons (Fsp3) is 0.588. The third-order valence-electron chi connectivity index (χ3n) is 4.02. The van der Waals surface area contributed by atoms with E-state index in [0.29, 0.717) is 13.2 Å². The van der Waals surface area contributed by atoms with Crippen molar-refractivity contribution in [2.75, 3.05) is 12.9 Å². The molecule has 22 heavy (non-hydrogen) atoms. The number of hydrogen-bond donors (Lipinski definition) is 1. The maximum Gasteiger partial charge on any atom is 0.232 e. The first-order valence-electron chi connectivity index (χ1n) is 7.89. The van der Waals surface area contributed by atoms with Crippen LogP contribution < -0.4 is 5.32 Å². The summed E-state index contributed by atoms with van der Waals surface area (Å²) in [5, 5.41) is 3.07. The summed E-state index contributed by atoms with van der Waals surface area (Å²) in [6.45, 7) is 1.07. The zero-order valence-electron chi connectivity index (χ0n) is 13.2. The Bertz CT molecular complexity index is 495. The van der Waals surface area contributed by atoms with Crippen LogP contribution in [0.15, 0.2) is 24.3 Å². The number of amides is 1. The van der Waals surface area contributed by atoms with Gasteiger partial charge in [-0.3, -0.25) is 9.00 Å². The van der Waals surface area contributed by atoms with Gasteiger partial charge in [0.25, 0.3) is 0 Å². The van der Waals surface area contributed by atoms with Gasteiger partial charge in [0.05, 0.1) is 6.61 Å². The minimum absolute atomic E-state index is 0.120. The molecule has 2 rings (SSSR count). The summed E-state index contributed by atoms with van der Waals surface area (Å²) in [5.74, 6) is 0.0109. The van der Waals surface area contributed by atoms with E-state index in [4.69, 9.17) is 4.74 Å². The standard InChI is InChI=1S/C17H25NO3S/c1-21-12-15-9-7-14(8-10-15)11-18-17(19)13-22(20)16-5-3-2-4-6-16/h7-10,16H,2-6,11-13H2,1H3,(H,18,19)/t22-/m0/s1. The summed E-state index contributed by atoms with van der Waals surface area (Å²) in [4.78, 5) is 11.9. The van der Waals surface area contributed by atoms with Crippen molar-refractivity contribution in [3.05, 3.63) is 35.4 Å². The Balaban J connectivity index is 1.73. The molecule has 5 heteroatoms. The van der Waals surface area contributed by atoms with E-state index in [1.807, 2.05) is 24.3 Å². The number of rotatable bonds is 7. The molecule has 0 radical (unpaired) electrons. The Labute approximate surface area is 135 Å². The number of nitrogens with one attached hydrogen (secondary N) is 1. The molecule has 0 spiro atoms. The van der Waals surface area contributed by atoms with Gasteiger partial charge in [-0.15, -0.1) is 0 Å². The van der Waals surface area contributed by atoms with Gasteiger partial charge < -0.3 is 10.1 Å². The summed E-state index contributed by atoms with van der Waals surface area (Å²) in [7, 11) is 0.638. The average Bonchev–Trinajstić information content (AvgIpc) is 2.55. The molecule has 1 atom stereocenters. The van der Waals surface area contributed by atoms with Gasteiger partial charge in [-0.25, -0.2) is 0 Å². The van der Waals surface area contributed by atoms with Gasteiger partial charge >= 0.3 is 0 Å². The molecule has 0 bridgehead atoms. The lowest BCUT2D eigenvalue weighted by molar-refractivity contribution is -0.118. The Kier molecular flexibility index (Phi) is 7.06. The van der Waals surface area contributed by atoms with Crippen LogP contribution in [0.2, 0.25) is 0 Å². The topological polar surface area (TPSA) is 55.4 Å². The summed E-state index contributed by atoms with van der Waals surface area (Å²) < 4.78 is 17.2. The highest BCUT2D eigenvalue weighted by atomic mass is 32.2. The Morgan fingerprint density at radius 3 is 2.45 bits per heavy atom. The minimum atomic E-state index is -1.03. The molecule has 1 amide bonds. The van der Waals surface area contributed by atoms with Crippen LogP contribution >= 0.6 is 0 Å². The van der Waals surface area contributed by atoms with Crippen molar-refractivity contribution in [2.45, 2.75) is 50.5 Å². The van der Waals surface area contributed by atoms with Crippen LogP contribution in [0.3, 0.4) is 0 Å². The third-order valence-corrected chi connectivity index (χ3v) is 5.78. The third kappa shape index (κ3) is 5.54. The van der Waals surface area contributed by atoms with Crippen molar-refractivity contribution in [3.63, 3.8) is 0 Å². The molecule has 1 aromatic carbocycles. The van der Waals surface area contributed by atoms with Gasteiger partial charge in [0.1, 0.15) is 5.75 Å². The fourth-order valence-electron chi connectivity index (χ4n) is 2.75. The van der Waals surface area contributed by atoms with Crippen LogP contribution in [-0.2, 0) is 33.5 Å². The van der Waals surface area contributed by atoms with Gasteiger partial charge in [-0.1, -0.05) is 43.5 Å². The Hall–Kier alpha value is -1.20. The molecule has 1 N–H and O–H groups in total. The van der Waals surface area contributed by atoms with Gasteiger partial charge in [0, 0.05) is 29.7 Å². The van der Waals surface area contributed by atoms with E-state index in [-0.39, 0.29) is 16.9 Å². The predicted molar refractivity (Wildman–Crippen MR) is 88.9 cm³/mol. The number of carbonyl (C=O) groups excluding carboxylic acids is 1. The Morgan fingerprint density at radius 2 is 1.82 bits per heavy atom. The molecule has 122 valence electrons. The smallest absolute Gasteiger partial charge is 0.232 e. The van der Waals surface area contributed by atoms with Crippen LogP contribution in [0.25, 0.3) is 0 Å². The molecule has 0 aliphatic heterocycles. The lowest BCUT2D eigenvalue weighted by Gasteiger charge is -2.20. The molecule has 1 aromatic rings. The summed E-state index contributed by atoms with van der Waals surface area (Å²) in [5.41, 5.74) is 2.15. The van der Waals surface area contributed by atoms with Crippen molar-refractivity contribution in [1.82, 2.24) is 5.32 Å². The second kappa shape index (κ2) is 9.06. The first kappa shape index (κ1) is 17.2. The van der Waals surface area contributed by atoms with Crippen molar-refractivity contribution < 1.29 is 13.7 Å². The normalized spacial score (nSPS) is 17.1. The van der Waals surface area contributed by atoms with Gasteiger partial charge in [0.15, 0.2) is 0 Å². The SMILES string of the molecule is COCc1ccc(CNC(=O)C[S@](=O)C2CCCCC2)cc1. The highest BCUT2D eigenvalue weighted by Gasteiger charge is 2.21. The first-order chi connectivity index (χ1) is 10.7. The van der Waals surface area contributed by atoms with E-state index in [1.54, 1.807) is 7.11 Å². The van der Waals surface area contributed by atoms with Gasteiger partial charge in [-0.2, -0.15) is 0 Å². The summed E-state index contributed by atoms with van der Waals surface area (Å²) in [6, 6.07) is 7.94. The molecule has 1 saturated carbocycles. The second-order valence-corrected chi connectivity index (χ2v) is 7.53. The second-order valence-electron chi connectivity index (χ2n) is 5.81. The van der Waals surface area contributed by atoms with Crippen LogP contribution in [0.4, 0.5) is 0 Å². The number of benzene rings is 1. The molecular formula is C17H25NO3S. The molecule has 0 unspecified atom stereocenters. The van der Waals surface area contributed by atoms with Crippen molar-refractivity contribution in [1.29, 1.82) is 0 Å². The quantitative estimate of drug-likeness (QED) is 0.839. The molecule has 4 nitrogen and oxygen atoms in total. The number of carbonyl (C=O) groups is 1. The average molecular weight is 323 g/mol. The van der Waals surface area contributed by atoms with Crippen molar-refractivity contribution >= 4 is 16.7 Å². The van der Waals surface area contributed by atoms with E-state index in [2.05, 4.69) is 5.32 Å². The van der Waals surface area contributed by atoms with E-state index >= 15 is 0 Å². The largest absolute Gasteiger partial charge is 0.380 e. The maximum atomic E-state index is 12.2. The number of ether oxygens (including phenoxy) is 1. The summed E-state index contributed by atoms with van der Waals surface area (Å²) in [6.07, 6.45) is 5.53. The van der Waals surface area contributed by atoms with E-state index in [0.717, 1.165) is 36.8 Å². The summed E-state index contributed by atoms with van der Waals surface area (Å²) >= 11 is 0. The zero-order valence-corrected chi connectivity index (χ0v) is 14.0. The fourth-order valence-corrected chi connectivity index (χ4v) is 4.20. The van der Waals surface area contributed by atoms with Crippen LogP contribution in [0.1, 0.15) is 43.2 Å². The minimum Gasteiger partial charge on any atom is -0.380 e. The molecule has 0 saturated heterocycles. The highest BCUT2D eigenvalue weighted by Crippen LogP contribution is 2.22. The van der Waals surface area contributed by atoms with Gasteiger partial charge in [-0.05, 0) is 24.0 Å². The molecule has 1 aliphatic carbocycles. The molecule has 1 fully saturated rings. The molecule has 1 aliphatic rings.